The number of hydrogen-bond acceptors (Lipinski definition) is 6. The third-order valence-electron chi connectivity index (χ3n) is 4.63. The number of likely N-dealkylation sites (N-methyl/N-ethyl adjacent to an activating group) is 1. The van der Waals surface area contributed by atoms with Crippen molar-refractivity contribution < 1.29 is 0 Å². The molecule has 0 amide bonds. The van der Waals surface area contributed by atoms with Crippen LogP contribution in [0.1, 0.15) is 19.4 Å². The topological polar surface area (TPSA) is 53.7 Å². The summed E-state index contributed by atoms with van der Waals surface area (Å²) in [4.78, 5) is 21.3. The van der Waals surface area contributed by atoms with Gasteiger partial charge in [0, 0.05) is 31.4 Å². The Kier molecular flexibility index (Phi) is 6.60. The van der Waals surface area contributed by atoms with E-state index >= 15 is 0 Å². The molecule has 0 radical (unpaired) electrons. The van der Waals surface area contributed by atoms with Crippen molar-refractivity contribution in [3.05, 3.63) is 56.4 Å². The highest BCUT2D eigenvalue weighted by Gasteiger charge is 2.23. The average molecular weight is 440 g/mol. The summed E-state index contributed by atoms with van der Waals surface area (Å²) in [6.07, 6.45) is 1.51. The Balaban J connectivity index is 2.00. The van der Waals surface area contributed by atoms with Crippen LogP contribution in [-0.2, 0) is 6.54 Å². The second-order valence-corrected chi connectivity index (χ2v) is 9.01. The van der Waals surface area contributed by atoms with Gasteiger partial charge in [-0.3, -0.25) is 4.79 Å². The van der Waals surface area contributed by atoms with Gasteiger partial charge in [0.2, 0.25) is 10.1 Å². The highest BCUT2D eigenvalue weighted by Crippen LogP contribution is 2.27. The first kappa shape index (κ1) is 21.0. The van der Waals surface area contributed by atoms with Gasteiger partial charge in [0.1, 0.15) is 0 Å². The quantitative estimate of drug-likeness (QED) is 0.555. The molecule has 28 heavy (non-hydrogen) atoms. The second-order valence-electron chi connectivity index (χ2n) is 7.27. The van der Waals surface area contributed by atoms with Gasteiger partial charge in [-0.25, -0.2) is 4.98 Å². The summed E-state index contributed by atoms with van der Waals surface area (Å²) < 4.78 is 1.35. The zero-order valence-corrected chi connectivity index (χ0v) is 18.6. The van der Waals surface area contributed by atoms with Gasteiger partial charge in [-0.05, 0) is 37.7 Å². The van der Waals surface area contributed by atoms with E-state index in [9.17, 15) is 4.79 Å². The molecule has 0 aliphatic heterocycles. The normalized spacial score (nSPS) is 12.9. The van der Waals surface area contributed by atoms with Crippen molar-refractivity contribution in [3.8, 4) is 0 Å². The van der Waals surface area contributed by atoms with Gasteiger partial charge in [0.15, 0.2) is 0 Å². The summed E-state index contributed by atoms with van der Waals surface area (Å²) in [5.74, 6) is 0.446. The maximum atomic E-state index is 12.1. The number of rotatable bonds is 7. The SMILES string of the molecule is CC(C)C(CN(Cc1ccc(Cl)c(Cl)c1)c1nn2c(=O)ccnc2s1)N(C)C. The maximum absolute atomic E-state index is 12.1. The number of nitrogens with zero attached hydrogens (tertiary/aromatic N) is 5. The summed E-state index contributed by atoms with van der Waals surface area (Å²) in [6.45, 7) is 5.75. The lowest BCUT2D eigenvalue weighted by Crippen LogP contribution is -2.43. The largest absolute Gasteiger partial charge is 0.341 e. The molecule has 150 valence electrons. The van der Waals surface area contributed by atoms with Crippen LogP contribution in [0, 0.1) is 5.92 Å². The number of anilines is 1. The number of aromatic nitrogens is 3. The van der Waals surface area contributed by atoms with E-state index in [0.717, 1.165) is 17.2 Å². The van der Waals surface area contributed by atoms with Crippen LogP contribution in [0.4, 0.5) is 5.13 Å². The van der Waals surface area contributed by atoms with E-state index in [1.54, 1.807) is 6.07 Å². The zero-order chi connectivity index (χ0) is 20.4. The molecule has 0 aliphatic carbocycles. The summed E-state index contributed by atoms with van der Waals surface area (Å²) in [5, 5.41) is 6.33. The molecule has 1 aromatic carbocycles. The molecule has 2 heterocycles. The first-order chi connectivity index (χ1) is 13.3. The molecule has 9 heteroatoms. The van der Waals surface area contributed by atoms with Crippen LogP contribution < -0.4 is 10.5 Å². The number of benzene rings is 1. The van der Waals surface area contributed by atoms with Crippen LogP contribution in [0.3, 0.4) is 0 Å². The van der Waals surface area contributed by atoms with E-state index < -0.39 is 0 Å². The molecule has 1 unspecified atom stereocenters. The lowest BCUT2D eigenvalue weighted by atomic mass is 10.0. The van der Waals surface area contributed by atoms with Gasteiger partial charge in [-0.2, -0.15) is 4.52 Å². The highest BCUT2D eigenvalue weighted by molar-refractivity contribution is 7.20. The van der Waals surface area contributed by atoms with E-state index in [1.165, 1.54) is 28.1 Å². The predicted molar refractivity (Wildman–Crippen MR) is 117 cm³/mol. The van der Waals surface area contributed by atoms with Crippen molar-refractivity contribution in [2.24, 2.45) is 5.92 Å². The molecule has 6 nitrogen and oxygen atoms in total. The van der Waals surface area contributed by atoms with Crippen molar-refractivity contribution in [2.75, 3.05) is 25.5 Å². The molecule has 0 spiro atoms. The molecule has 0 bridgehead atoms. The van der Waals surface area contributed by atoms with Gasteiger partial charge in [-0.1, -0.05) is 54.5 Å². The number of fused-ring (bicyclic) bond motifs is 1. The van der Waals surface area contributed by atoms with Crippen molar-refractivity contribution in [1.29, 1.82) is 0 Å². The van der Waals surface area contributed by atoms with Gasteiger partial charge >= 0.3 is 0 Å². The van der Waals surface area contributed by atoms with Crippen LogP contribution in [0.2, 0.25) is 10.0 Å². The fraction of sp³-hybridized carbons (Fsp3) is 0.421. The molecule has 0 fully saturated rings. The van der Waals surface area contributed by atoms with Crippen LogP contribution in [0.5, 0.6) is 0 Å². The lowest BCUT2D eigenvalue weighted by molar-refractivity contribution is 0.233. The van der Waals surface area contributed by atoms with Crippen LogP contribution >= 0.6 is 34.5 Å². The molecule has 3 rings (SSSR count). The van der Waals surface area contributed by atoms with Gasteiger partial charge in [-0.15, -0.1) is 5.10 Å². The number of halogens is 2. The highest BCUT2D eigenvalue weighted by atomic mass is 35.5. The van der Waals surface area contributed by atoms with E-state index in [4.69, 9.17) is 23.2 Å². The smallest absolute Gasteiger partial charge is 0.275 e. The van der Waals surface area contributed by atoms with Crippen LogP contribution in [0.15, 0.2) is 35.3 Å². The molecule has 0 N–H and O–H groups in total. The van der Waals surface area contributed by atoms with Crippen LogP contribution in [0.25, 0.3) is 4.96 Å². The van der Waals surface area contributed by atoms with Crippen molar-refractivity contribution in [1.82, 2.24) is 19.5 Å². The molecule has 0 saturated heterocycles. The Bertz CT molecular complexity index is 1010. The molecule has 0 aliphatic rings. The Hall–Kier alpha value is -1.67. The van der Waals surface area contributed by atoms with Crippen molar-refractivity contribution in [3.63, 3.8) is 0 Å². The molecule has 3 aromatic rings. The average Bonchev–Trinajstić information content (AvgIpc) is 3.06. The summed E-state index contributed by atoms with van der Waals surface area (Å²) >= 11 is 13.7. The van der Waals surface area contributed by atoms with Crippen molar-refractivity contribution >= 4 is 44.6 Å². The standard InChI is InChI=1S/C19H23Cl2N5OS/c1-12(2)16(24(3)4)11-25(10-13-5-6-14(20)15(21)9-13)19-23-26-17(27)7-8-22-18(26)28-19/h5-9,12,16H,10-11H2,1-4H3. The van der Waals surface area contributed by atoms with E-state index in [0.29, 0.717) is 33.5 Å². The lowest BCUT2D eigenvalue weighted by Gasteiger charge is -2.33. The molecular formula is C19H23Cl2N5OS. The molecule has 1 atom stereocenters. The molecule has 0 saturated carbocycles. The fourth-order valence-electron chi connectivity index (χ4n) is 3.13. The summed E-state index contributed by atoms with van der Waals surface area (Å²) in [6, 6.07) is 7.34. The van der Waals surface area contributed by atoms with Gasteiger partial charge < -0.3 is 9.80 Å². The minimum Gasteiger partial charge on any atom is -0.341 e. The Morgan fingerprint density at radius 2 is 1.93 bits per heavy atom. The third kappa shape index (κ3) is 4.66. The second kappa shape index (κ2) is 8.78. The van der Waals surface area contributed by atoms with E-state index in [1.807, 2.05) is 12.1 Å². The van der Waals surface area contributed by atoms with Gasteiger partial charge in [0.05, 0.1) is 10.0 Å². The number of hydrogen-bond donors (Lipinski definition) is 0. The van der Waals surface area contributed by atoms with Crippen molar-refractivity contribution in [2.45, 2.75) is 26.4 Å². The Labute approximate surface area is 178 Å². The van der Waals surface area contributed by atoms with E-state index in [-0.39, 0.29) is 5.56 Å². The maximum Gasteiger partial charge on any atom is 0.275 e. The predicted octanol–water partition coefficient (Wildman–Crippen LogP) is 4.05. The monoisotopic (exact) mass is 439 g/mol. The Morgan fingerprint density at radius 1 is 1.18 bits per heavy atom. The first-order valence-corrected chi connectivity index (χ1v) is 10.5. The molecule has 2 aromatic heterocycles. The van der Waals surface area contributed by atoms with Crippen LogP contribution in [-0.4, -0.2) is 46.2 Å². The van der Waals surface area contributed by atoms with Gasteiger partial charge in [0.25, 0.3) is 5.56 Å². The summed E-state index contributed by atoms with van der Waals surface area (Å²) in [7, 11) is 4.15. The zero-order valence-electron chi connectivity index (χ0n) is 16.3. The molecular weight excluding hydrogens is 417 g/mol. The minimum atomic E-state index is -0.185. The minimum absolute atomic E-state index is 0.185. The fourth-order valence-corrected chi connectivity index (χ4v) is 4.33. The van der Waals surface area contributed by atoms with E-state index in [2.05, 4.69) is 47.8 Å². The first-order valence-electron chi connectivity index (χ1n) is 8.96. The Morgan fingerprint density at radius 3 is 2.54 bits per heavy atom. The third-order valence-corrected chi connectivity index (χ3v) is 6.35. The summed E-state index contributed by atoms with van der Waals surface area (Å²) in [5.41, 5.74) is 0.838.